The van der Waals surface area contributed by atoms with Crippen LogP contribution < -0.4 is 0 Å². The van der Waals surface area contributed by atoms with Crippen molar-refractivity contribution in [2.24, 2.45) is 10.9 Å². The van der Waals surface area contributed by atoms with Gasteiger partial charge in [-0.1, -0.05) is 6.92 Å². The van der Waals surface area contributed by atoms with Gasteiger partial charge in [-0.05, 0) is 5.92 Å². The minimum atomic E-state index is 0.532. The number of rotatable bonds is 1. The van der Waals surface area contributed by atoms with E-state index in [0.29, 0.717) is 5.92 Å². The van der Waals surface area contributed by atoms with Gasteiger partial charge in [0.05, 0.1) is 13.3 Å². The molecule has 0 spiro atoms. The van der Waals surface area contributed by atoms with Crippen LogP contribution in [-0.4, -0.2) is 13.3 Å². The van der Waals surface area contributed by atoms with Crippen molar-refractivity contribution in [2.75, 3.05) is 7.11 Å². The standard InChI is InChI=1S/C7H11NO/c1-6-3-7(9-2)5-8-4-6/h4-6H,3H2,1-2H3/t6-/m1/s1. The van der Waals surface area contributed by atoms with E-state index >= 15 is 0 Å². The summed E-state index contributed by atoms with van der Waals surface area (Å²) < 4.78 is 5.01. The van der Waals surface area contributed by atoms with Crippen molar-refractivity contribution in [2.45, 2.75) is 13.3 Å². The van der Waals surface area contributed by atoms with Crippen LogP contribution in [0.1, 0.15) is 13.3 Å². The molecule has 0 amide bonds. The van der Waals surface area contributed by atoms with Crippen molar-refractivity contribution in [3.05, 3.63) is 12.0 Å². The molecule has 1 aliphatic rings. The first-order chi connectivity index (χ1) is 4.33. The SMILES string of the molecule is COC1=CN=C[C@H](C)C1. The number of ether oxygens (including phenoxy) is 1. The Morgan fingerprint density at radius 1 is 1.78 bits per heavy atom. The monoisotopic (exact) mass is 125 g/mol. The molecule has 0 saturated carbocycles. The summed E-state index contributed by atoms with van der Waals surface area (Å²) in [6.07, 6.45) is 4.68. The molecule has 0 N–H and O–H groups in total. The second-order valence-electron chi connectivity index (χ2n) is 2.28. The smallest absolute Gasteiger partial charge is 0.114 e. The summed E-state index contributed by atoms with van der Waals surface area (Å²) in [5.74, 6) is 1.51. The van der Waals surface area contributed by atoms with E-state index in [-0.39, 0.29) is 0 Å². The Kier molecular flexibility index (Phi) is 1.88. The Hall–Kier alpha value is -0.790. The lowest BCUT2D eigenvalue weighted by molar-refractivity contribution is 0.268. The Morgan fingerprint density at radius 2 is 2.56 bits per heavy atom. The largest absolute Gasteiger partial charge is 0.499 e. The lowest BCUT2D eigenvalue weighted by Gasteiger charge is -2.11. The molecule has 0 unspecified atom stereocenters. The third kappa shape index (κ3) is 1.56. The van der Waals surface area contributed by atoms with E-state index < -0.39 is 0 Å². The van der Waals surface area contributed by atoms with Crippen molar-refractivity contribution in [3.8, 4) is 0 Å². The zero-order chi connectivity index (χ0) is 6.69. The van der Waals surface area contributed by atoms with E-state index in [1.807, 2.05) is 6.21 Å². The van der Waals surface area contributed by atoms with Crippen LogP contribution in [0.4, 0.5) is 0 Å². The summed E-state index contributed by atoms with van der Waals surface area (Å²) >= 11 is 0. The predicted molar refractivity (Wildman–Crippen MR) is 37.4 cm³/mol. The Balaban J connectivity index is 2.55. The van der Waals surface area contributed by atoms with Crippen molar-refractivity contribution < 1.29 is 4.74 Å². The van der Waals surface area contributed by atoms with Crippen LogP contribution in [0.5, 0.6) is 0 Å². The number of aliphatic imine (C=N–C) groups is 1. The number of hydrogen-bond acceptors (Lipinski definition) is 2. The fourth-order valence-corrected chi connectivity index (χ4v) is 0.832. The van der Waals surface area contributed by atoms with Gasteiger partial charge in [0.1, 0.15) is 5.76 Å². The molecule has 0 radical (unpaired) electrons. The predicted octanol–water partition coefficient (Wildman–Crippen LogP) is 1.58. The Morgan fingerprint density at radius 3 is 3.00 bits per heavy atom. The second kappa shape index (κ2) is 2.67. The number of methoxy groups -OCH3 is 1. The summed E-state index contributed by atoms with van der Waals surface area (Å²) in [7, 11) is 1.68. The van der Waals surface area contributed by atoms with E-state index in [2.05, 4.69) is 11.9 Å². The molecule has 0 aliphatic carbocycles. The Labute approximate surface area is 55.2 Å². The molecule has 0 aromatic rings. The average molecular weight is 125 g/mol. The lowest BCUT2D eigenvalue weighted by Crippen LogP contribution is -2.03. The third-order valence-corrected chi connectivity index (χ3v) is 1.34. The van der Waals surface area contributed by atoms with Gasteiger partial charge in [-0.2, -0.15) is 0 Å². The van der Waals surface area contributed by atoms with Crippen molar-refractivity contribution in [1.82, 2.24) is 0 Å². The minimum absolute atomic E-state index is 0.532. The molecular weight excluding hydrogens is 114 g/mol. The molecule has 2 heteroatoms. The van der Waals surface area contributed by atoms with Crippen LogP contribution >= 0.6 is 0 Å². The summed E-state index contributed by atoms with van der Waals surface area (Å²) in [6, 6.07) is 0. The molecule has 1 aliphatic heterocycles. The molecule has 0 fully saturated rings. The molecule has 2 nitrogen and oxygen atoms in total. The highest BCUT2D eigenvalue weighted by atomic mass is 16.5. The van der Waals surface area contributed by atoms with Crippen molar-refractivity contribution >= 4 is 6.21 Å². The summed E-state index contributed by atoms with van der Waals surface area (Å²) in [6.45, 7) is 2.12. The van der Waals surface area contributed by atoms with Gasteiger partial charge >= 0.3 is 0 Å². The van der Waals surface area contributed by atoms with Gasteiger partial charge in [-0.3, -0.25) is 4.99 Å². The summed E-state index contributed by atoms with van der Waals surface area (Å²) in [5, 5.41) is 0. The van der Waals surface area contributed by atoms with Gasteiger partial charge in [0.25, 0.3) is 0 Å². The van der Waals surface area contributed by atoms with Crippen molar-refractivity contribution in [3.63, 3.8) is 0 Å². The molecule has 1 heterocycles. The maximum absolute atomic E-state index is 5.01. The molecule has 0 bridgehead atoms. The first kappa shape index (κ1) is 6.33. The van der Waals surface area contributed by atoms with Gasteiger partial charge in [0.15, 0.2) is 0 Å². The van der Waals surface area contributed by atoms with E-state index in [4.69, 9.17) is 4.74 Å². The molecule has 0 aromatic carbocycles. The number of hydrogen-bond donors (Lipinski definition) is 0. The van der Waals surface area contributed by atoms with Gasteiger partial charge in [-0.25, -0.2) is 0 Å². The van der Waals surface area contributed by atoms with Crippen LogP contribution in [0.15, 0.2) is 17.0 Å². The first-order valence-electron chi connectivity index (χ1n) is 3.09. The average Bonchev–Trinajstić information content (AvgIpc) is 1.88. The summed E-state index contributed by atoms with van der Waals surface area (Å²) in [5.41, 5.74) is 0. The third-order valence-electron chi connectivity index (χ3n) is 1.34. The van der Waals surface area contributed by atoms with Crippen molar-refractivity contribution in [1.29, 1.82) is 0 Å². The van der Waals surface area contributed by atoms with Crippen LogP contribution in [0.25, 0.3) is 0 Å². The highest BCUT2D eigenvalue weighted by Crippen LogP contribution is 2.13. The fourth-order valence-electron chi connectivity index (χ4n) is 0.832. The first-order valence-corrected chi connectivity index (χ1v) is 3.09. The molecule has 0 aromatic heterocycles. The quantitative estimate of drug-likeness (QED) is 0.521. The molecule has 1 rings (SSSR count). The topological polar surface area (TPSA) is 21.6 Å². The highest BCUT2D eigenvalue weighted by Gasteiger charge is 2.06. The van der Waals surface area contributed by atoms with Gasteiger partial charge in [0, 0.05) is 12.6 Å². The maximum Gasteiger partial charge on any atom is 0.114 e. The van der Waals surface area contributed by atoms with E-state index in [0.717, 1.165) is 12.2 Å². The second-order valence-corrected chi connectivity index (χ2v) is 2.28. The molecule has 9 heavy (non-hydrogen) atoms. The molecule has 1 atom stereocenters. The fraction of sp³-hybridized carbons (Fsp3) is 0.571. The van der Waals surface area contributed by atoms with Crippen LogP contribution in [0.3, 0.4) is 0 Å². The summed E-state index contributed by atoms with van der Waals surface area (Å²) in [4.78, 5) is 4.00. The van der Waals surface area contributed by atoms with Gasteiger partial charge in [0.2, 0.25) is 0 Å². The normalized spacial score (nSPS) is 25.6. The van der Waals surface area contributed by atoms with E-state index in [1.165, 1.54) is 0 Å². The van der Waals surface area contributed by atoms with Gasteiger partial charge < -0.3 is 4.74 Å². The van der Waals surface area contributed by atoms with Gasteiger partial charge in [-0.15, -0.1) is 0 Å². The maximum atomic E-state index is 5.01. The number of nitrogens with zero attached hydrogens (tertiary/aromatic N) is 1. The molecule has 50 valence electrons. The van der Waals surface area contributed by atoms with Crippen LogP contribution in [0.2, 0.25) is 0 Å². The van der Waals surface area contributed by atoms with Crippen LogP contribution in [-0.2, 0) is 4.74 Å². The zero-order valence-corrected chi connectivity index (χ0v) is 5.79. The minimum Gasteiger partial charge on any atom is -0.499 e. The lowest BCUT2D eigenvalue weighted by atomic mass is 10.1. The number of allylic oxidation sites excluding steroid dienone is 1. The zero-order valence-electron chi connectivity index (χ0n) is 5.79. The van der Waals surface area contributed by atoms with Crippen LogP contribution in [0, 0.1) is 5.92 Å². The van der Waals surface area contributed by atoms with E-state index in [9.17, 15) is 0 Å². The molecular formula is C7H11NO. The molecule has 0 saturated heterocycles. The highest BCUT2D eigenvalue weighted by molar-refractivity contribution is 5.62. The van der Waals surface area contributed by atoms with E-state index in [1.54, 1.807) is 13.3 Å². The Bertz CT molecular complexity index is 149.